The second kappa shape index (κ2) is 12.4. The highest BCUT2D eigenvalue weighted by Gasteiger charge is 2.30. The maximum absolute atomic E-state index is 16.2. The molecule has 0 amide bonds. The van der Waals surface area contributed by atoms with Gasteiger partial charge in [0.15, 0.2) is 11.6 Å². The quantitative estimate of drug-likeness (QED) is 0.273. The van der Waals surface area contributed by atoms with E-state index in [1.165, 1.54) is 6.42 Å². The van der Waals surface area contributed by atoms with Gasteiger partial charge in [0.2, 0.25) is 5.95 Å². The van der Waals surface area contributed by atoms with Crippen molar-refractivity contribution >= 4 is 43.3 Å². The zero-order chi connectivity index (χ0) is 29.1. The van der Waals surface area contributed by atoms with E-state index in [9.17, 15) is 9.65 Å². The van der Waals surface area contributed by atoms with Crippen LogP contribution in [0.25, 0.3) is 32.2 Å². The number of rotatable bonds is 3. The van der Waals surface area contributed by atoms with Gasteiger partial charge in [0, 0.05) is 35.6 Å². The van der Waals surface area contributed by atoms with Gasteiger partial charge in [0.1, 0.15) is 16.6 Å². The molecule has 0 radical (unpaired) electrons. The molecule has 1 aromatic carbocycles. The standard InChI is InChI=1S/C23H18F2N6OS.C5H12.C2H6/c1-10-2-3-31(7-10)23-29-5-12-13-8-32-9-14(13)16(18(25)19(12)30-23)20-17-11(4-26)22(27)33-21(17)15(24)6-28-20;1-4-5(2)3;1-2/h5-6,10H,2-3,7-9,27H2,1H3;5H,4H2,1-3H3;1-2H3. The fourth-order valence-corrected chi connectivity index (χ4v) is 5.73. The van der Waals surface area contributed by atoms with Crippen molar-refractivity contribution in [2.24, 2.45) is 11.8 Å². The number of nitriles is 1. The minimum atomic E-state index is -0.603. The molecule has 0 saturated carbocycles. The molecule has 10 heteroatoms. The highest BCUT2D eigenvalue weighted by molar-refractivity contribution is 7.23. The summed E-state index contributed by atoms with van der Waals surface area (Å²) in [7, 11) is 0. The molecule has 0 bridgehead atoms. The number of hydrogen-bond acceptors (Lipinski definition) is 8. The molecule has 1 saturated heterocycles. The van der Waals surface area contributed by atoms with Crippen molar-refractivity contribution in [3.8, 4) is 17.3 Å². The number of fused-ring (bicyclic) bond motifs is 4. The molecule has 2 N–H and O–H groups in total. The molecule has 4 aromatic rings. The number of benzene rings is 1. The molecule has 2 aliphatic rings. The lowest BCUT2D eigenvalue weighted by molar-refractivity contribution is 0.135. The maximum atomic E-state index is 16.2. The molecule has 212 valence electrons. The molecule has 3 aromatic heterocycles. The smallest absolute Gasteiger partial charge is 0.225 e. The zero-order valence-electron chi connectivity index (χ0n) is 23.9. The van der Waals surface area contributed by atoms with Crippen molar-refractivity contribution in [1.29, 1.82) is 5.26 Å². The van der Waals surface area contributed by atoms with Crippen molar-refractivity contribution < 1.29 is 13.5 Å². The Kier molecular flexibility index (Phi) is 9.16. The van der Waals surface area contributed by atoms with Crippen LogP contribution in [0.3, 0.4) is 0 Å². The fraction of sp³-hybridized carbons (Fsp3) is 0.467. The third kappa shape index (κ3) is 5.32. The molecule has 6 rings (SSSR count). The first-order chi connectivity index (χ1) is 19.2. The summed E-state index contributed by atoms with van der Waals surface area (Å²) in [4.78, 5) is 15.4. The Hall–Kier alpha value is -3.42. The van der Waals surface area contributed by atoms with Crippen molar-refractivity contribution in [1.82, 2.24) is 15.0 Å². The summed E-state index contributed by atoms with van der Waals surface area (Å²) in [6.07, 6.45) is 5.02. The molecule has 2 aliphatic heterocycles. The average molecular weight is 567 g/mol. The molecule has 0 spiro atoms. The second-order valence-corrected chi connectivity index (χ2v) is 11.4. The summed E-state index contributed by atoms with van der Waals surface area (Å²) < 4.78 is 36.6. The van der Waals surface area contributed by atoms with Crippen LogP contribution in [0.4, 0.5) is 19.7 Å². The lowest BCUT2D eigenvalue weighted by atomic mass is 9.94. The molecular weight excluding hydrogens is 530 g/mol. The Bertz CT molecular complexity index is 1580. The molecule has 1 atom stereocenters. The van der Waals surface area contributed by atoms with Gasteiger partial charge in [-0.2, -0.15) is 5.26 Å². The van der Waals surface area contributed by atoms with Gasteiger partial charge in [-0.1, -0.05) is 48.0 Å². The SMILES string of the molecule is CC.CC1CCN(c2ncc3c4c(c(-c5ncc(F)c6sc(N)c(C#N)c56)c(F)c3n2)COC4)C1.CCC(C)C. The summed E-state index contributed by atoms with van der Waals surface area (Å²) in [5.74, 6) is 0.691. The Morgan fingerprint density at radius 3 is 2.52 bits per heavy atom. The van der Waals surface area contributed by atoms with Crippen LogP contribution in [0.15, 0.2) is 12.4 Å². The normalized spacial score (nSPS) is 16.0. The zero-order valence-corrected chi connectivity index (χ0v) is 24.8. The Labute approximate surface area is 238 Å². The van der Waals surface area contributed by atoms with Crippen molar-refractivity contribution in [2.75, 3.05) is 23.7 Å². The largest absolute Gasteiger partial charge is 0.389 e. The number of nitrogen functional groups attached to an aromatic ring is 1. The molecule has 1 fully saturated rings. The number of nitrogens with two attached hydrogens (primary N) is 1. The van der Waals surface area contributed by atoms with E-state index in [2.05, 4.69) is 47.5 Å². The second-order valence-electron chi connectivity index (χ2n) is 10.3. The van der Waals surface area contributed by atoms with Crippen LogP contribution in [-0.2, 0) is 18.0 Å². The summed E-state index contributed by atoms with van der Waals surface area (Å²) in [5, 5.41) is 10.6. The third-order valence-corrected chi connectivity index (χ3v) is 8.28. The van der Waals surface area contributed by atoms with Gasteiger partial charge in [-0.3, -0.25) is 4.98 Å². The Balaban J connectivity index is 0.000000479. The number of hydrogen-bond donors (Lipinski definition) is 1. The van der Waals surface area contributed by atoms with Crippen LogP contribution < -0.4 is 10.6 Å². The van der Waals surface area contributed by atoms with Crippen LogP contribution in [0.1, 0.15) is 71.1 Å². The number of nitrogens with zero attached hydrogens (tertiary/aromatic N) is 5. The van der Waals surface area contributed by atoms with E-state index in [1.54, 1.807) is 6.20 Å². The van der Waals surface area contributed by atoms with Gasteiger partial charge < -0.3 is 15.4 Å². The van der Waals surface area contributed by atoms with E-state index in [4.69, 9.17) is 10.5 Å². The van der Waals surface area contributed by atoms with Gasteiger partial charge in [-0.15, -0.1) is 11.3 Å². The molecular formula is C30H36F2N6OS. The minimum absolute atomic E-state index is 0.0959. The van der Waals surface area contributed by atoms with Gasteiger partial charge in [0.25, 0.3) is 0 Å². The van der Waals surface area contributed by atoms with Crippen LogP contribution in [0.5, 0.6) is 0 Å². The number of aromatic nitrogens is 3. The van der Waals surface area contributed by atoms with Gasteiger partial charge in [0.05, 0.1) is 35.4 Å². The first-order valence-corrected chi connectivity index (χ1v) is 14.7. The fourth-order valence-electron chi connectivity index (χ4n) is 4.81. The topological polar surface area (TPSA) is 101 Å². The molecule has 1 unspecified atom stereocenters. The highest BCUT2D eigenvalue weighted by Crippen LogP contribution is 2.45. The summed E-state index contributed by atoms with van der Waals surface area (Å²) in [6, 6.07) is 2.02. The predicted octanol–water partition coefficient (Wildman–Crippen LogP) is 7.59. The van der Waals surface area contributed by atoms with Crippen molar-refractivity contribution in [2.45, 2.75) is 67.6 Å². The number of pyridine rings is 1. The number of ether oxygens (including phenoxy) is 1. The predicted molar refractivity (Wildman–Crippen MR) is 158 cm³/mol. The Morgan fingerprint density at radius 2 is 1.90 bits per heavy atom. The molecule has 40 heavy (non-hydrogen) atoms. The maximum Gasteiger partial charge on any atom is 0.225 e. The summed E-state index contributed by atoms with van der Waals surface area (Å²) >= 11 is 0.955. The summed E-state index contributed by atoms with van der Waals surface area (Å²) in [6.45, 7) is 14.9. The van der Waals surface area contributed by atoms with Crippen LogP contribution in [0.2, 0.25) is 0 Å². The first-order valence-electron chi connectivity index (χ1n) is 13.8. The van der Waals surface area contributed by atoms with E-state index in [0.29, 0.717) is 22.8 Å². The van der Waals surface area contributed by atoms with Gasteiger partial charge in [-0.05, 0) is 29.4 Å². The van der Waals surface area contributed by atoms with Gasteiger partial charge >= 0.3 is 0 Å². The van der Waals surface area contributed by atoms with E-state index in [1.807, 2.05) is 19.9 Å². The highest BCUT2D eigenvalue weighted by atomic mass is 32.1. The lowest BCUT2D eigenvalue weighted by Gasteiger charge is -2.18. The minimum Gasteiger partial charge on any atom is -0.389 e. The number of halogens is 2. The lowest BCUT2D eigenvalue weighted by Crippen LogP contribution is -2.21. The van der Waals surface area contributed by atoms with E-state index < -0.39 is 11.6 Å². The average Bonchev–Trinajstić information content (AvgIpc) is 3.70. The molecule has 7 nitrogen and oxygen atoms in total. The van der Waals surface area contributed by atoms with E-state index in [-0.39, 0.29) is 50.6 Å². The number of anilines is 2. The van der Waals surface area contributed by atoms with Crippen LogP contribution in [-0.4, -0.2) is 28.0 Å². The van der Waals surface area contributed by atoms with Crippen molar-refractivity contribution in [3.63, 3.8) is 0 Å². The van der Waals surface area contributed by atoms with Gasteiger partial charge in [-0.25, -0.2) is 18.7 Å². The van der Waals surface area contributed by atoms with Crippen LogP contribution in [0, 0.1) is 34.8 Å². The first kappa shape index (κ1) is 29.6. The van der Waals surface area contributed by atoms with Crippen molar-refractivity contribution in [3.05, 3.63) is 40.7 Å². The van der Waals surface area contributed by atoms with Crippen LogP contribution >= 0.6 is 11.3 Å². The third-order valence-electron chi connectivity index (χ3n) is 7.26. The summed E-state index contributed by atoms with van der Waals surface area (Å²) in [5.41, 5.74) is 7.98. The molecule has 5 heterocycles. The Morgan fingerprint density at radius 1 is 1.20 bits per heavy atom. The molecule has 0 aliphatic carbocycles. The monoisotopic (exact) mass is 566 g/mol. The van der Waals surface area contributed by atoms with E-state index in [0.717, 1.165) is 48.5 Å². The van der Waals surface area contributed by atoms with E-state index >= 15 is 4.39 Å². The number of thiophene rings is 1.